The van der Waals surface area contributed by atoms with Gasteiger partial charge in [0, 0.05) is 52.8 Å². The normalized spacial score (nSPS) is 13.1. The highest BCUT2D eigenvalue weighted by Gasteiger charge is 2.51. The molecular formula is C52H33N3SSi. The molecule has 0 N–H and O–H groups in total. The van der Waals surface area contributed by atoms with E-state index in [1.54, 1.807) is 0 Å². The summed E-state index contributed by atoms with van der Waals surface area (Å²) < 4.78 is 5.08. The smallest absolute Gasteiger partial charge is 0.185 e. The first kappa shape index (κ1) is 32.3. The Hall–Kier alpha value is -6.92. The van der Waals surface area contributed by atoms with Gasteiger partial charge < -0.3 is 4.57 Å². The van der Waals surface area contributed by atoms with Gasteiger partial charge in [-0.1, -0.05) is 170 Å². The van der Waals surface area contributed by atoms with Gasteiger partial charge in [0.15, 0.2) is 13.9 Å². The summed E-state index contributed by atoms with van der Waals surface area (Å²) in [5.74, 6) is 0.731. The fraction of sp³-hybridized carbons (Fsp3) is 0. The second-order valence-corrected chi connectivity index (χ2v) is 19.6. The lowest BCUT2D eigenvalue weighted by Gasteiger charge is -2.32. The van der Waals surface area contributed by atoms with E-state index in [-0.39, 0.29) is 0 Å². The second kappa shape index (κ2) is 12.5. The van der Waals surface area contributed by atoms with Crippen molar-refractivity contribution in [2.45, 2.75) is 0 Å². The predicted molar refractivity (Wildman–Crippen MR) is 243 cm³/mol. The molecule has 0 saturated heterocycles. The van der Waals surface area contributed by atoms with Crippen LogP contribution in [0.1, 0.15) is 0 Å². The van der Waals surface area contributed by atoms with E-state index in [4.69, 9.17) is 9.97 Å². The van der Waals surface area contributed by atoms with Crippen molar-refractivity contribution in [3.63, 3.8) is 0 Å². The monoisotopic (exact) mass is 759 g/mol. The third-order valence-electron chi connectivity index (χ3n) is 11.9. The van der Waals surface area contributed by atoms with Gasteiger partial charge in [-0.05, 0) is 45.9 Å². The van der Waals surface area contributed by atoms with Gasteiger partial charge in [-0.2, -0.15) is 0 Å². The summed E-state index contributed by atoms with van der Waals surface area (Å²) in [6.45, 7) is 0. The van der Waals surface area contributed by atoms with Gasteiger partial charge >= 0.3 is 0 Å². The minimum absolute atomic E-state index is 0.731. The molecule has 266 valence electrons. The molecule has 0 unspecified atom stereocenters. The number of hydrogen-bond acceptors (Lipinski definition) is 3. The minimum atomic E-state index is -2.98. The number of para-hydroxylation sites is 2. The highest BCUT2D eigenvalue weighted by Crippen LogP contribution is 2.43. The maximum atomic E-state index is 5.74. The maximum absolute atomic E-state index is 5.74. The molecule has 0 spiro atoms. The van der Waals surface area contributed by atoms with Crippen LogP contribution in [0.2, 0.25) is 0 Å². The van der Waals surface area contributed by atoms with Crippen LogP contribution in [0.5, 0.6) is 0 Å². The van der Waals surface area contributed by atoms with E-state index in [2.05, 4.69) is 205 Å². The number of fused-ring (bicyclic) bond motifs is 9. The van der Waals surface area contributed by atoms with Crippen molar-refractivity contribution in [3.05, 3.63) is 200 Å². The standard InChI is InChI=1S/C52H33N3SSi/c1-4-18-34(19-5-1)52-53-49(51-50(54-52)40-27-13-17-31-48(40)57(51,35-20-6-2-7-21-35)36-22-8-3-9-23-36)39-26-11-15-29-44(39)55-43-28-14-10-24-37(43)41-32-42-38-25-12-16-30-46(38)56-47(42)33-45(41)55/h1-33H. The second-order valence-electron chi connectivity index (χ2n) is 14.8. The third kappa shape index (κ3) is 4.64. The molecule has 12 rings (SSSR count). The van der Waals surface area contributed by atoms with Crippen molar-refractivity contribution >= 4 is 82.1 Å². The Balaban J connectivity index is 1.24. The summed E-state index contributed by atoms with van der Waals surface area (Å²) >= 11 is 1.87. The number of hydrogen-bond donors (Lipinski definition) is 0. The van der Waals surface area contributed by atoms with E-state index < -0.39 is 8.07 Å². The molecule has 1 aliphatic heterocycles. The van der Waals surface area contributed by atoms with Crippen LogP contribution in [0, 0.1) is 0 Å². The molecular weight excluding hydrogens is 727 g/mol. The average Bonchev–Trinajstić information content (AvgIpc) is 3.92. The first-order valence-electron chi connectivity index (χ1n) is 19.4. The fourth-order valence-electron chi connectivity index (χ4n) is 9.53. The topological polar surface area (TPSA) is 30.7 Å². The fourth-order valence-corrected chi connectivity index (χ4v) is 15.9. The Morgan fingerprint density at radius 1 is 0.421 bits per heavy atom. The number of nitrogens with zero attached hydrogens (tertiary/aromatic N) is 3. The molecule has 4 heterocycles. The van der Waals surface area contributed by atoms with Crippen LogP contribution in [0.15, 0.2) is 200 Å². The first-order valence-corrected chi connectivity index (χ1v) is 22.2. The molecule has 57 heavy (non-hydrogen) atoms. The molecule has 0 fully saturated rings. The van der Waals surface area contributed by atoms with Gasteiger partial charge in [0.2, 0.25) is 0 Å². The lowest BCUT2D eigenvalue weighted by molar-refractivity contribution is 1.16. The van der Waals surface area contributed by atoms with Crippen LogP contribution >= 0.6 is 11.3 Å². The highest BCUT2D eigenvalue weighted by molar-refractivity contribution is 7.26. The molecule has 3 nitrogen and oxygen atoms in total. The van der Waals surface area contributed by atoms with Crippen LogP contribution in [0.3, 0.4) is 0 Å². The van der Waals surface area contributed by atoms with Crippen LogP contribution in [0.25, 0.3) is 81.6 Å². The molecule has 0 radical (unpaired) electrons. The van der Waals surface area contributed by atoms with Crippen molar-refractivity contribution < 1.29 is 0 Å². The molecule has 1 aliphatic rings. The maximum Gasteiger partial charge on any atom is 0.185 e. The summed E-state index contributed by atoms with van der Waals surface area (Å²) in [7, 11) is -2.98. The van der Waals surface area contributed by atoms with Gasteiger partial charge in [0.1, 0.15) is 0 Å². The van der Waals surface area contributed by atoms with E-state index in [1.807, 2.05) is 11.3 Å². The van der Waals surface area contributed by atoms with E-state index in [0.717, 1.165) is 34.0 Å². The van der Waals surface area contributed by atoms with Gasteiger partial charge in [-0.15, -0.1) is 11.3 Å². The predicted octanol–water partition coefficient (Wildman–Crippen LogP) is 10.6. The van der Waals surface area contributed by atoms with Crippen LogP contribution in [0.4, 0.5) is 0 Å². The molecule has 0 amide bonds. The minimum Gasteiger partial charge on any atom is -0.309 e. The first-order chi connectivity index (χ1) is 28.3. The molecule has 8 aromatic carbocycles. The number of thiophene rings is 1. The van der Waals surface area contributed by atoms with E-state index in [0.29, 0.717) is 0 Å². The zero-order chi connectivity index (χ0) is 37.5. The summed E-state index contributed by atoms with van der Waals surface area (Å²) in [5.41, 5.74) is 8.75. The van der Waals surface area contributed by atoms with Gasteiger partial charge in [-0.3, -0.25) is 0 Å². The number of benzene rings is 8. The average molecular weight is 760 g/mol. The lowest BCUT2D eigenvalue weighted by atomic mass is 10.0. The van der Waals surface area contributed by atoms with E-state index in [9.17, 15) is 0 Å². The molecule has 3 aromatic heterocycles. The van der Waals surface area contributed by atoms with Crippen molar-refractivity contribution in [2.75, 3.05) is 0 Å². The number of aromatic nitrogens is 3. The van der Waals surface area contributed by atoms with Crippen LogP contribution in [-0.2, 0) is 0 Å². The lowest BCUT2D eigenvalue weighted by Crippen LogP contribution is -2.73. The van der Waals surface area contributed by atoms with Crippen molar-refractivity contribution in [1.29, 1.82) is 0 Å². The van der Waals surface area contributed by atoms with Crippen LogP contribution in [-0.4, -0.2) is 22.6 Å². The zero-order valence-electron chi connectivity index (χ0n) is 30.8. The molecule has 0 bridgehead atoms. The van der Waals surface area contributed by atoms with Crippen molar-refractivity contribution in [3.8, 4) is 39.6 Å². The number of rotatable bonds is 5. The third-order valence-corrected chi connectivity index (χ3v) is 17.9. The Labute approximate surface area is 334 Å². The Kier molecular flexibility index (Phi) is 7.12. The van der Waals surface area contributed by atoms with E-state index >= 15 is 0 Å². The Morgan fingerprint density at radius 3 is 1.75 bits per heavy atom. The summed E-state index contributed by atoms with van der Waals surface area (Å²) in [6, 6.07) is 73.1. The van der Waals surface area contributed by atoms with Crippen molar-refractivity contribution in [1.82, 2.24) is 14.5 Å². The Bertz CT molecular complexity index is 3310. The quantitative estimate of drug-likeness (QED) is 0.164. The van der Waals surface area contributed by atoms with E-state index in [1.165, 1.54) is 68.3 Å². The van der Waals surface area contributed by atoms with Crippen molar-refractivity contribution in [2.24, 2.45) is 0 Å². The molecule has 5 heteroatoms. The van der Waals surface area contributed by atoms with Gasteiger partial charge in [0.05, 0.1) is 28.1 Å². The molecule has 0 atom stereocenters. The molecule has 0 saturated carbocycles. The van der Waals surface area contributed by atoms with Gasteiger partial charge in [0.25, 0.3) is 0 Å². The van der Waals surface area contributed by atoms with Crippen LogP contribution < -0.4 is 20.7 Å². The summed E-state index contributed by atoms with van der Waals surface area (Å²) in [5, 5.41) is 10.3. The largest absolute Gasteiger partial charge is 0.309 e. The Morgan fingerprint density at radius 2 is 1.00 bits per heavy atom. The highest BCUT2D eigenvalue weighted by atomic mass is 32.1. The van der Waals surface area contributed by atoms with Gasteiger partial charge in [-0.25, -0.2) is 9.97 Å². The zero-order valence-corrected chi connectivity index (χ0v) is 32.6. The summed E-state index contributed by atoms with van der Waals surface area (Å²) in [6.07, 6.45) is 0. The SMILES string of the molecule is c1ccc(-c2nc(-c3ccccc3-n3c4ccccc4c4cc5c(cc43)sc3ccccc35)c3c(n2)-c2ccccc2[Si]3(c2ccccc2)c2ccccc2)cc1. The molecule has 0 aliphatic carbocycles. The summed E-state index contributed by atoms with van der Waals surface area (Å²) in [4.78, 5) is 11.3. The molecule has 11 aromatic rings.